The van der Waals surface area contributed by atoms with Crippen molar-refractivity contribution < 1.29 is 9.59 Å². The first-order valence-electron chi connectivity index (χ1n) is 8.10. The van der Waals surface area contributed by atoms with Gasteiger partial charge in [0.2, 0.25) is 0 Å². The smallest absolute Gasteiger partial charge is 0.266 e. The van der Waals surface area contributed by atoms with Gasteiger partial charge < -0.3 is 0 Å². The zero-order valence-electron chi connectivity index (χ0n) is 13.5. The molecule has 0 unspecified atom stereocenters. The summed E-state index contributed by atoms with van der Waals surface area (Å²) in [7, 11) is 0. The number of anilines is 1. The minimum atomic E-state index is -0.340. The molecule has 0 N–H and O–H groups in total. The molecule has 2 aromatic carbocycles. The summed E-state index contributed by atoms with van der Waals surface area (Å²) in [6.07, 6.45) is 4.95. The molecule has 4 aromatic rings. The van der Waals surface area contributed by atoms with Crippen molar-refractivity contribution in [2.24, 2.45) is 0 Å². The third-order valence-corrected chi connectivity index (χ3v) is 4.50. The fraction of sp³-hybridized carbons (Fsp3) is 0. The van der Waals surface area contributed by atoms with Gasteiger partial charge in [0.1, 0.15) is 0 Å². The Hall–Kier alpha value is -3.80. The molecule has 0 radical (unpaired) electrons. The quantitative estimate of drug-likeness (QED) is 0.526. The Kier molecular flexibility index (Phi) is 2.99. The number of hydrogen-bond donors (Lipinski definition) is 0. The molecule has 2 aromatic heterocycles. The van der Waals surface area contributed by atoms with Gasteiger partial charge >= 0.3 is 0 Å². The van der Waals surface area contributed by atoms with E-state index in [0.29, 0.717) is 28.0 Å². The van der Waals surface area contributed by atoms with Crippen LogP contribution in [0.15, 0.2) is 73.2 Å². The molecule has 5 rings (SSSR count). The second-order valence-corrected chi connectivity index (χ2v) is 5.98. The van der Waals surface area contributed by atoms with E-state index in [4.69, 9.17) is 0 Å². The number of carbonyl (C=O) groups excluding carboxylic acids is 2. The van der Waals surface area contributed by atoms with Gasteiger partial charge in [0.25, 0.3) is 11.8 Å². The number of carbonyl (C=O) groups is 2. The van der Waals surface area contributed by atoms with Gasteiger partial charge in [-0.3, -0.25) is 9.59 Å². The van der Waals surface area contributed by atoms with Gasteiger partial charge in [0, 0.05) is 28.9 Å². The lowest BCUT2D eigenvalue weighted by Gasteiger charge is -2.27. The Morgan fingerprint density at radius 2 is 1.54 bits per heavy atom. The number of nitrogens with zero attached hydrogens (tertiary/aromatic N) is 4. The Morgan fingerprint density at radius 1 is 0.808 bits per heavy atom. The van der Waals surface area contributed by atoms with Crippen LogP contribution in [0.3, 0.4) is 0 Å². The molecule has 6 heteroatoms. The van der Waals surface area contributed by atoms with E-state index in [9.17, 15) is 9.59 Å². The van der Waals surface area contributed by atoms with Crippen LogP contribution in [0.1, 0.15) is 20.7 Å². The Bertz CT molecular complexity index is 1110. The number of rotatable bonds is 2. The topological polar surface area (TPSA) is 68.1 Å². The number of aromatic nitrogens is 3. The summed E-state index contributed by atoms with van der Waals surface area (Å²) in [5.74, 6) is -0.0703. The number of amides is 2. The summed E-state index contributed by atoms with van der Waals surface area (Å²) in [5.41, 5.74) is 1.48. The van der Waals surface area contributed by atoms with Crippen LogP contribution >= 0.6 is 0 Å². The van der Waals surface area contributed by atoms with Crippen LogP contribution in [-0.2, 0) is 0 Å². The van der Waals surface area contributed by atoms with E-state index < -0.39 is 0 Å². The van der Waals surface area contributed by atoms with Gasteiger partial charge in [-0.25, -0.2) is 14.6 Å². The summed E-state index contributed by atoms with van der Waals surface area (Å²) in [4.78, 5) is 31.5. The van der Waals surface area contributed by atoms with Crippen LogP contribution in [-0.4, -0.2) is 26.6 Å². The molecule has 0 fully saturated rings. The average molecular weight is 340 g/mol. The van der Waals surface area contributed by atoms with Crippen LogP contribution in [0.5, 0.6) is 0 Å². The first-order chi connectivity index (χ1) is 12.7. The SMILES string of the molecule is O=C1c2cccc3cccc(c23)C(=O)N1c1ccc(-n2cccn2)nc1. The molecular formula is C20H12N4O2. The molecular weight excluding hydrogens is 328 g/mol. The highest BCUT2D eigenvalue weighted by atomic mass is 16.2. The molecule has 0 bridgehead atoms. The van der Waals surface area contributed by atoms with E-state index in [1.54, 1.807) is 47.4 Å². The first-order valence-corrected chi connectivity index (χ1v) is 8.10. The van der Waals surface area contributed by atoms with E-state index in [2.05, 4.69) is 10.1 Å². The van der Waals surface area contributed by atoms with Crippen LogP contribution in [0.2, 0.25) is 0 Å². The predicted molar refractivity (Wildman–Crippen MR) is 96.4 cm³/mol. The largest absolute Gasteiger partial charge is 0.268 e. The number of pyridine rings is 1. The Morgan fingerprint density at radius 3 is 2.12 bits per heavy atom. The molecule has 1 aliphatic heterocycles. The van der Waals surface area contributed by atoms with Crippen molar-refractivity contribution in [2.75, 3.05) is 4.90 Å². The summed E-state index contributed by atoms with van der Waals surface area (Å²) in [6.45, 7) is 0. The highest BCUT2D eigenvalue weighted by Gasteiger charge is 2.33. The van der Waals surface area contributed by atoms with E-state index in [1.165, 1.54) is 11.1 Å². The van der Waals surface area contributed by atoms with E-state index in [0.717, 1.165) is 5.39 Å². The van der Waals surface area contributed by atoms with Crippen LogP contribution in [0.25, 0.3) is 16.6 Å². The van der Waals surface area contributed by atoms with E-state index in [-0.39, 0.29) is 11.8 Å². The maximum absolute atomic E-state index is 13.0. The molecule has 2 amide bonds. The Balaban J connectivity index is 1.63. The molecule has 26 heavy (non-hydrogen) atoms. The average Bonchev–Trinajstić information content (AvgIpc) is 3.21. The minimum absolute atomic E-state index is 0.340. The van der Waals surface area contributed by atoms with Crippen molar-refractivity contribution in [1.29, 1.82) is 0 Å². The summed E-state index contributed by atoms with van der Waals surface area (Å²) >= 11 is 0. The zero-order chi connectivity index (χ0) is 17.7. The fourth-order valence-electron chi connectivity index (χ4n) is 3.32. The highest BCUT2D eigenvalue weighted by molar-refractivity contribution is 6.35. The van der Waals surface area contributed by atoms with Crippen molar-refractivity contribution >= 4 is 28.3 Å². The minimum Gasteiger partial charge on any atom is -0.268 e. The number of benzene rings is 2. The lowest BCUT2D eigenvalue weighted by Crippen LogP contribution is -2.40. The van der Waals surface area contributed by atoms with Crippen LogP contribution < -0.4 is 4.90 Å². The van der Waals surface area contributed by atoms with Gasteiger partial charge in [-0.2, -0.15) is 5.10 Å². The third kappa shape index (κ3) is 1.99. The van der Waals surface area contributed by atoms with Gasteiger partial charge in [-0.1, -0.05) is 24.3 Å². The maximum atomic E-state index is 13.0. The summed E-state index contributed by atoms with van der Waals surface area (Å²) < 4.78 is 1.61. The van der Waals surface area contributed by atoms with Gasteiger partial charge in [0.15, 0.2) is 5.82 Å². The van der Waals surface area contributed by atoms with Crippen LogP contribution in [0.4, 0.5) is 5.69 Å². The molecule has 0 atom stereocenters. The lowest BCUT2D eigenvalue weighted by molar-refractivity contribution is 0.0893. The molecule has 0 aliphatic carbocycles. The normalized spacial score (nSPS) is 13.5. The summed E-state index contributed by atoms with van der Waals surface area (Å²) in [5, 5.41) is 5.71. The molecule has 1 aliphatic rings. The molecule has 124 valence electrons. The van der Waals surface area contributed by atoms with E-state index in [1.807, 2.05) is 24.3 Å². The van der Waals surface area contributed by atoms with Crippen molar-refractivity contribution in [1.82, 2.24) is 14.8 Å². The Labute approximate surface area is 148 Å². The number of hydrogen-bond acceptors (Lipinski definition) is 4. The van der Waals surface area contributed by atoms with E-state index >= 15 is 0 Å². The molecule has 3 heterocycles. The van der Waals surface area contributed by atoms with Gasteiger partial charge in [-0.05, 0) is 35.7 Å². The lowest BCUT2D eigenvalue weighted by atomic mass is 9.94. The molecule has 0 saturated carbocycles. The first kappa shape index (κ1) is 14.5. The standard InChI is InChI=1S/C20H12N4O2/c25-19-15-6-1-4-13-5-2-7-16(18(13)15)20(26)24(19)14-8-9-17(21-12-14)23-11-3-10-22-23/h1-12H. The predicted octanol–water partition coefficient (Wildman–Crippen LogP) is 3.22. The van der Waals surface area contributed by atoms with Crippen molar-refractivity contribution in [3.63, 3.8) is 0 Å². The zero-order valence-corrected chi connectivity index (χ0v) is 13.5. The van der Waals surface area contributed by atoms with Gasteiger partial charge in [-0.15, -0.1) is 0 Å². The molecule has 0 spiro atoms. The highest BCUT2D eigenvalue weighted by Crippen LogP contribution is 2.32. The fourth-order valence-corrected chi connectivity index (χ4v) is 3.32. The summed E-state index contributed by atoms with van der Waals surface area (Å²) in [6, 6.07) is 16.2. The van der Waals surface area contributed by atoms with Crippen molar-refractivity contribution in [3.05, 3.63) is 84.3 Å². The monoisotopic (exact) mass is 340 g/mol. The van der Waals surface area contributed by atoms with Crippen molar-refractivity contribution in [2.45, 2.75) is 0 Å². The van der Waals surface area contributed by atoms with Crippen LogP contribution in [0, 0.1) is 0 Å². The second-order valence-electron chi connectivity index (χ2n) is 5.98. The maximum Gasteiger partial charge on any atom is 0.266 e. The second kappa shape index (κ2) is 5.35. The molecule has 0 saturated heterocycles. The van der Waals surface area contributed by atoms with Crippen molar-refractivity contribution in [3.8, 4) is 5.82 Å². The molecule has 6 nitrogen and oxygen atoms in total. The number of imide groups is 1. The van der Waals surface area contributed by atoms with Gasteiger partial charge in [0.05, 0.1) is 11.9 Å². The third-order valence-electron chi connectivity index (χ3n) is 4.50.